The second kappa shape index (κ2) is 14.1. The highest BCUT2D eigenvalue weighted by atomic mass is 35.5. The van der Waals surface area contributed by atoms with Gasteiger partial charge in [0.15, 0.2) is 0 Å². The van der Waals surface area contributed by atoms with Crippen molar-refractivity contribution in [2.45, 2.75) is 71.1 Å². The molecule has 0 aliphatic heterocycles. The molecular formula is C18H32ClNO. The first kappa shape index (κ1) is 20.1. The number of rotatable bonds is 12. The molecule has 0 aliphatic rings. The van der Waals surface area contributed by atoms with Gasteiger partial charge in [0, 0.05) is 11.8 Å². The summed E-state index contributed by atoms with van der Waals surface area (Å²) in [6.45, 7) is 3.08. The third-order valence-corrected chi connectivity index (χ3v) is 3.62. The normalized spacial score (nSPS) is 10.1. The third-order valence-electron chi connectivity index (χ3n) is 3.62. The summed E-state index contributed by atoms with van der Waals surface area (Å²) in [5.74, 6) is 0.890. The molecule has 0 amide bonds. The highest BCUT2D eigenvalue weighted by Gasteiger charge is 1.95. The Morgan fingerprint density at radius 2 is 1.43 bits per heavy atom. The number of nitrogen functional groups attached to an aromatic ring is 1. The van der Waals surface area contributed by atoms with Crippen LogP contribution in [0.15, 0.2) is 24.3 Å². The molecule has 0 spiro atoms. The Hall–Kier alpha value is -0.890. The van der Waals surface area contributed by atoms with E-state index in [2.05, 4.69) is 6.92 Å². The molecule has 0 bridgehead atoms. The summed E-state index contributed by atoms with van der Waals surface area (Å²) < 4.78 is 5.68. The lowest BCUT2D eigenvalue weighted by molar-refractivity contribution is 0.304. The fourth-order valence-electron chi connectivity index (χ4n) is 2.38. The molecule has 0 atom stereocenters. The first-order chi connectivity index (χ1) is 9.83. The fourth-order valence-corrected chi connectivity index (χ4v) is 2.38. The average molecular weight is 314 g/mol. The smallest absolute Gasteiger partial charge is 0.121 e. The van der Waals surface area contributed by atoms with Crippen LogP contribution in [0.5, 0.6) is 5.75 Å². The van der Waals surface area contributed by atoms with Crippen LogP contribution in [0.2, 0.25) is 0 Å². The number of hydrogen-bond acceptors (Lipinski definition) is 2. The molecular weight excluding hydrogens is 282 g/mol. The van der Waals surface area contributed by atoms with Crippen LogP contribution < -0.4 is 10.5 Å². The van der Waals surface area contributed by atoms with E-state index in [0.29, 0.717) is 0 Å². The molecule has 122 valence electrons. The minimum Gasteiger partial charge on any atom is -0.494 e. The first-order valence-corrected chi connectivity index (χ1v) is 8.31. The van der Waals surface area contributed by atoms with E-state index < -0.39 is 0 Å². The van der Waals surface area contributed by atoms with E-state index in [4.69, 9.17) is 10.5 Å². The standard InChI is InChI=1S/C18H31NO.ClH/c1-2-3-4-5-6-7-8-9-10-11-15-20-18-14-12-13-17(19)16-18;/h12-14,16H,2-11,15,19H2,1H3;1H. The molecule has 0 heterocycles. The van der Waals surface area contributed by atoms with E-state index in [1.165, 1.54) is 57.8 Å². The van der Waals surface area contributed by atoms with Gasteiger partial charge in [0.2, 0.25) is 0 Å². The molecule has 21 heavy (non-hydrogen) atoms. The van der Waals surface area contributed by atoms with Crippen molar-refractivity contribution in [1.82, 2.24) is 0 Å². The predicted octanol–water partition coefficient (Wildman–Crippen LogP) is 5.99. The van der Waals surface area contributed by atoms with Gasteiger partial charge in [0.1, 0.15) is 5.75 Å². The van der Waals surface area contributed by atoms with Crippen LogP contribution >= 0.6 is 12.4 Å². The Labute approximate surface area is 136 Å². The lowest BCUT2D eigenvalue weighted by Gasteiger charge is -2.06. The van der Waals surface area contributed by atoms with E-state index in [1.807, 2.05) is 24.3 Å². The van der Waals surface area contributed by atoms with Gasteiger partial charge in [-0.3, -0.25) is 0 Å². The molecule has 0 radical (unpaired) electrons. The van der Waals surface area contributed by atoms with Gasteiger partial charge >= 0.3 is 0 Å². The highest BCUT2D eigenvalue weighted by Crippen LogP contribution is 2.15. The molecule has 0 unspecified atom stereocenters. The van der Waals surface area contributed by atoms with Crippen molar-refractivity contribution in [1.29, 1.82) is 0 Å². The summed E-state index contributed by atoms with van der Waals surface area (Å²) in [4.78, 5) is 0. The van der Waals surface area contributed by atoms with Crippen LogP contribution in [0.1, 0.15) is 71.1 Å². The van der Waals surface area contributed by atoms with Gasteiger partial charge in [0.05, 0.1) is 6.61 Å². The Kier molecular flexibility index (Phi) is 13.5. The largest absolute Gasteiger partial charge is 0.494 e. The number of halogens is 1. The van der Waals surface area contributed by atoms with Crippen molar-refractivity contribution in [3.63, 3.8) is 0 Å². The van der Waals surface area contributed by atoms with Gasteiger partial charge in [-0.25, -0.2) is 0 Å². The zero-order valence-corrected chi connectivity index (χ0v) is 14.3. The van der Waals surface area contributed by atoms with Crippen molar-refractivity contribution < 1.29 is 4.74 Å². The Morgan fingerprint density at radius 1 is 0.857 bits per heavy atom. The maximum absolute atomic E-state index is 5.71. The molecule has 0 saturated heterocycles. The van der Waals surface area contributed by atoms with Crippen LogP contribution in [0.25, 0.3) is 0 Å². The van der Waals surface area contributed by atoms with Crippen molar-refractivity contribution >= 4 is 18.1 Å². The van der Waals surface area contributed by atoms with Crippen molar-refractivity contribution in [3.05, 3.63) is 24.3 Å². The molecule has 0 saturated carbocycles. The molecule has 0 fully saturated rings. The predicted molar refractivity (Wildman–Crippen MR) is 95.4 cm³/mol. The van der Waals surface area contributed by atoms with Crippen LogP contribution in [-0.2, 0) is 0 Å². The van der Waals surface area contributed by atoms with Crippen LogP contribution in [0.4, 0.5) is 5.69 Å². The number of benzene rings is 1. The minimum absolute atomic E-state index is 0. The molecule has 0 aliphatic carbocycles. The summed E-state index contributed by atoms with van der Waals surface area (Å²) in [6.07, 6.45) is 13.5. The lowest BCUT2D eigenvalue weighted by Crippen LogP contribution is -1.97. The second-order valence-corrected chi connectivity index (χ2v) is 5.60. The van der Waals surface area contributed by atoms with Crippen molar-refractivity contribution in [2.75, 3.05) is 12.3 Å². The maximum Gasteiger partial charge on any atom is 0.121 e. The molecule has 1 aromatic carbocycles. The van der Waals surface area contributed by atoms with Crippen molar-refractivity contribution in [2.24, 2.45) is 0 Å². The maximum atomic E-state index is 5.71. The Balaban J connectivity index is 0.00000400. The number of unbranched alkanes of at least 4 members (excludes halogenated alkanes) is 9. The van der Waals surface area contributed by atoms with Gasteiger partial charge < -0.3 is 10.5 Å². The van der Waals surface area contributed by atoms with E-state index in [-0.39, 0.29) is 12.4 Å². The fraction of sp³-hybridized carbons (Fsp3) is 0.667. The van der Waals surface area contributed by atoms with E-state index in [0.717, 1.165) is 24.5 Å². The monoisotopic (exact) mass is 313 g/mol. The second-order valence-electron chi connectivity index (χ2n) is 5.60. The van der Waals surface area contributed by atoms with E-state index in [1.54, 1.807) is 0 Å². The highest BCUT2D eigenvalue weighted by molar-refractivity contribution is 5.85. The minimum atomic E-state index is 0. The summed E-state index contributed by atoms with van der Waals surface area (Å²) >= 11 is 0. The Bertz CT molecular complexity index is 344. The van der Waals surface area contributed by atoms with Crippen LogP contribution in [-0.4, -0.2) is 6.61 Å². The number of nitrogens with two attached hydrogens (primary N) is 1. The average Bonchev–Trinajstić information content (AvgIpc) is 2.45. The van der Waals surface area contributed by atoms with Crippen molar-refractivity contribution in [3.8, 4) is 5.75 Å². The van der Waals surface area contributed by atoms with Crippen LogP contribution in [0.3, 0.4) is 0 Å². The first-order valence-electron chi connectivity index (χ1n) is 8.31. The number of hydrogen-bond donors (Lipinski definition) is 1. The van der Waals surface area contributed by atoms with E-state index in [9.17, 15) is 0 Å². The SMILES string of the molecule is CCCCCCCCCCCCOc1cccc(N)c1.Cl. The summed E-state index contributed by atoms with van der Waals surface area (Å²) in [6, 6.07) is 7.67. The van der Waals surface area contributed by atoms with E-state index >= 15 is 0 Å². The molecule has 1 aromatic rings. The Morgan fingerprint density at radius 3 is 2.00 bits per heavy atom. The summed E-state index contributed by atoms with van der Waals surface area (Å²) in [5, 5.41) is 0. The van der Waals surface area contributed by atoms with Gasteiger partial charge in [-0.2, -0.15) is 0 Å². The quantitative estimate of drug-likeness (QED) is 0.380. The summed E-state index contributed by atoms with van der Waals surface area (Å²) in [5.41, 5.74) is 6.48. The molecule has 3 heteroatoms. The van der Waals surface area contributed by atoms with Gasteiger partial charge in [-0.1, -0.05) is 70.8 Å². The van der Waals surface area contributed by atoms with Gasteiger partial charge in [-0.15, -0.1) is 12.4 Å². The zero-order chi connectivity index (χ0) is 14.5. The summed E-state index contributed by atoms with van der Waals surface area (Å²) in [7, 11) is 0. The van der Waals surface area contributed by atoms with Gasteiger partial charge in [-0.05, 0) is 18.6 Å². The molecule has 2 nitrogen and oxygen atoms in total. The van der Waals surface area contributed by atoms with Gasteiger partial charge in [0.25, 0.3) is 0 Å². The third kappa shape index (κ3) is 11.4. The zero-order valence-electron chi connectivity index (χ0n) is 13.5. The lowest BCUT2D eigenvalue weighted by atomic mass is 10.1. The molecule has 1 rings (SSSR count). The number of anilines is 1. The molecule has 0 aromatic heterocycles. The molecule has 2 N–H and O–H groups in total. The number of ether oxygens (including phenoxy) is 1. The topological polar surface area (TPSA) is 35.2 Å². The van der Waals surface area contributed by atoms with Crippen LogP contribution in [0, 0.1) is 0 Å².